The Balaban J connectivity index is 1.42. The molecule has 1 N–H and O–H groups in total. The lowest BCUT2D eigenvalue weighted by molar-refractivity contribution is -0.148. The van der Waals surface area contributed by atoms with Crippen molar-refractivity contribution in [2.45, 2.75) is 39.0 Å². The molecule has 3 amide bonds. The molecular formula is C17H21N3O6. The van der Waals surface area contributed by atoms with Crippen molar-refractivity contribution in [1.29, 1.82) is 0 Å². The number of aryl methyl sites for hydroxylation is 1. The van der Waals surface area contributed by atoms with Gasteiger partial charge in [0.2, 0.25) is 11.8 Å². The van der Waals surface area contributed by atoms with E-state index in [0.717, 1.165) is 25.7 Å². The minimum absolute atomic E-state index is 0.00635. The van der Waals surface area contributed by atoms with Crippen LogP contribution in [0.15, 0.2) is 10.6 Å². The maximum Gasteiger partial charge on any atom is 0.308 e. The van der Waals surface area contributed by atoms with E-state index >= 15 is 0 Å². The van der Waals surface area contributed by atoms with E-state index in [2.05, 4.69) is 10.5 Å². The largest absolute Gasteiger partial charge is 0.456 e. The number of fused-ring (bicyclic) bond motifs is 1. The number of likely N-dealkylation sites (tertiary alicyclic amines) is 1. The van der Waals surface area contributed by atoms with Crippen molar-refractivity contribution in [2.24, 2.45) is 11.8 Å². The van der Waals surface area contributed by atoms with Crippen LogP contribution in [-0.4, -0.2) is 46.9 Å². The molecule has 0 radical (unpaired) electrons. The molecule has 1 aromatic rings. The molecule has 9 heteroatoms. The predicted octanol–water partition coefficient (Wildman–Crippen LogP) is 1.03. The Morgan fingerprint density at radius 3 is 2.50 bits per heavy atom. The van der Waals surface area contributed by atoms with Crippen molar-refractivity contribution in [3.63, 3.8) is 0 Å². The molecule has 0 unspecified atom stereocenters. The molecule has 9 nitrogen and oxygen atoms in total. The highest BCUT2D eigenvalue weighted by Crippen LogP contribution is 2.37. The minimum Gasteiger partial charge on any atom is -0.456 e. The summed E-state index contributed by atoms with van der Waals surface area (Å²) in [6.07, 6.45) is 3.25. The summed E-state index contributed by atoms with van der Waals surface area (Å²) >= 11 is 0. The van der Waals surface area contributed by atoms with Crippen LogP contribution in [0.4, 0.5) is 5.82 Å². The van der Waals surface area contributed by atoms with Crippen molar-refractivity contribution in [3.05, 3.63) is 11.8 Å². The molecule has 1 aliphatic heterocycles. The van der Waals surface area contributed by atoms with Crippen molar-refractivity contribution in [2.75, 3.05) is 18.5 Å². The molecule has 1 aliphatic carbocycles. The highest BCUT2D eigenvalue weighted by atomic mass is 16.5. The molecule has 2 aliphatic rings. The molecule has 0 spiro atoms. The van der Waals surface area contributed by atoms with Gasteiger partial charge in [0.05, 0.1) is 18.3 Å². The molecule has 2 fully saturated rings. The topological polar surface area (TPSA) is 119 Å². The molecule has 26 heavy (non-hydrogen) atoms. The molecule has 0 aromatic carbocycles. The lowest BCUT2D eigenvalue weighted by atomic mass is 9.81. The third kappa shape index (κ3) is 3.92. The first-order valence-electron chi connectivity index (χ1n) is 8.69. The van der Waals surface area contributed by atoms with E-state index in [0.29, 0.717) is 5.76 Å². The summed E-state index contributed by atoms with van der Waals surface area (Å²) in [6, 6.07) is 1.53. The van der Waals surface area contributed by atoms with Gasteiger partial charge >= 0.3 is 5.97 Å². The van der Waals surface area contributed by atoms with E-state index in [1.807, 2.05) is 0 Å². The van der Waals surface area contributed by atoms with Crippen LogP contribution in [0.3, 0.4) is 0 Å². The number of hydrogen-bond acceptors (Lipinski definition) is 7. The molecule has 1 saturated heterocycles. The van der Waals surface area contributed by atoms with E-state index in [1.165, 1.54) is 11.0 Å². The number of amides is 3. The van der Waals surface area contributed by atoms with Gasteiger partial charge in [0, 0.05) is 12.6 Å². The zero-order valence-electron chi connectivity index (χ0n) is 14.5. The van der Waals surface area contributed by atoms with E-state index in [-0.39, 0.29) is 42.4 Å². The molecule has 0 bridgehead atoms. The Morgan fingerprint density at radius 2 is 1.92 bits per heavy atom. The van der Waals surface area contributed by atoms with Crippen LogP contribution in [0.25, 0.3) is 0 Å². The lowest BCUT2D eigenvalue weighted by Gasteiger charge is -2.19. The molecule has 2 atom stereocenters. The quantitative estimate of drug-likeness (QED) is 0.592. The summed E-state index contributed by atoms with van der Waals surface area (Å²) in [6.45, 7) is 1.20. The monoisotopic (exact) mass is 363 g/mol. The summed E-state index contributed by atoms with van der Waals surface area (Å²) in [4.78, 5) is 49.3. The van der Waals surface area contributed by atoms with Gasteiger partial charge in [-0.05, 0) is 19.8 Å². The minimum atomic E-state index is -0.646. The Labute approximate surface area is 150 Å². The first kappa shape index (κ1) is 18.1. The second-order valence-electron chi connectivity index (χ2n) is 6.61. The van der Waals surface area contributed by atoms with Crippen LogP contribution in [-0.2, 0) is 23.9 Å². The number of imide groups is 1. The smallest absolute Gasteiger partial charge is 0.308 e. The molecule has 3 rings (SSSR count). The normalized spacial score (nSPS) is 22.3. The van der Waals surface area contributed by atoms with Crippen LogP contribution in [0.1, 0.15) is 37.9 Å². The van der Waals surface area contributed by atoms with Crippen LogP contribution in [0.5, 0.6) is 0 Å². The zero-order chi connectivity index (χ0) is 18.7. The van der Waals surface area contributed by atoms with Gasteiger partial charge < -0.3 is 14.6 Å². The van der Waals surface area contributed by atoms with Crippen LogP contribution >= 0.6 is 0 Å². The second kappa shape index (κ2) is 7.67. The van der Waals surface area contributed by atoms with Gasteiger partial charge in [-0.15, -0.1) is 0 Å². The lowest BCUT2D eigenvalue weighted by Crippen LogP contribution is -2.33. The number of esters is 1. The van der Waals surface area contributed by atoms with E-state index < -0.39 is 18.5 Å². The molecule has 1 aromatic heterocycles. The maximum absolute atomic E-state index is 12.3. The van der Waals surface area contributed by atoms with E-state index in [9.17, 15) is 19.2 Å². The average molecular weight is 363 g/mol. The summed E-state index contributed by atoms with van der Waals surface area (Å²) in [5.41, 5.74) is 0. The first-order chi connectivity index (χ1) is 12.5. The number of nitrogens with zero attached hydrogens (tertiary/aromatic N) is 2. The fourth-order valence-corrected chi connectivity index (χ4v) is 3.48. The number of aromatic nitrogens is 1. The van der Waals surface area contributed by atoms with Gasteiger partial charge in [0.15, 0.2) is 12.4 Å². The molecule has 1 saturated carbocycles. The molecular weight excluding hydrogens is 342 g/mol. The fourth-order valence-electron chi connectivity index (χ4n) is 3.48. The van der Waals surface area contributed by atoms with Gasteiger partial charge in [-0.25, -0.2) is 0 Å². The number of nitrogens with one attached hydrogen (secondary N) is 1. The Morgan fingerprint density at radius 1 is 1.27 bits per heavy atom. The summed E-state index contributed by atoms with van der Waals surface area (Å²) in [7, 11) is 0. The highest BCUT2D eigenvalue weighted by Gasteiger charge is 2.47. The van der Waals surface area contributed by atoms with Crippen LogP contribution in [0.2, 0.25) is 0 Å². The van der Waals surface area contributed by atoms with Crippen LogP contribution < -0.4 is 5.32 Å². The summed E-state index contributed by atoms with van der Waals surface area (Å²) in [5, 5.41) is 6.02. The predicted molar refractivity (Wildman–Crippen MR) is 87.6 cm³/mol. The second-order valence-corrected chi connectivity index (χ2v) is 6.61. The van der Waals surface area contributed by atoms with Gasteiger partial charge in [-0.3, -0.25) is 24.1 Å². The first-order valence-corrected chi connectivity index (χ1v) is 8.69. The Kier molecular flexibility index (Phi) is 5.34. The average Bonchev–Trinajstić information content (AvgIpc) is 3.13. The van der Waals surface area contributed by atoms with Gasteiger partial charge in [-0.2, -0.15) is 0 Å². The number of carbonyl (C=O) groups excluding carboxylic acids is 4. The third-order valence-electron chi connectivity index (χ3n) is 4.73. The number of carbonyl (C=O) groups is 4. The number of hydrogen-bond donors (Lipinski definition) is 1. The summed E-state index contributed by atoms with van der Waals surface area (Å²) < 4.78 is 9.68. The van der Waals surface area contributed by atoms with Gasteiger partial charge in [-0.1, -0.05) is 18.0 Å². The van der Waals surface area contributed by atoms with Crippen molar-refractivity contribution in [3.8, 4) is 0 Å². The van der Waals surface area contributed by atoms with Crippen molar-refractivity contribution < 1.29 is 28.4 Å². The van der Waals surface area contributed by atoms with Crippen LogP contribution in [0, 0.1) is 18.8 Å². The highest BCUT2D eigenvalue weighted by molar-refractivity contribution is 6.05. The summed E-state index contributed by atoms with van der Waals surface area (Å²) in [5.74, 6) is -1.26. The zero-order valence-corrected chi connectivity index (χ0v) is 14.5. The van der Waals surface area contributed by atoms with E-state index in [4.69, 9.17) is 9.26 Å². The number of anilines is 1. The fraction of sp³-hybridized carbons (Fsp3) is 0.588. The number of rotatable bonds is 6. The molecule has 2 heterocycles. The molecule has 140 valence electrons. The van der Waals surface area contributed by atoms with Crippen molar-refractivity contribution >= 4 is 29.5 Å². The van der Waals surface area contributed by atoms with E-state index in [1.54, 1.807) is 6.92 Å². The van der Waals surface area contributed by atoms with Crippen molar-refractivity contribution in [1.82, 2.24) is 10.1 Å². The third-order valence-corrected chi connectivity index (χ3v) is 4.73. The Bertz CT molecular complexity index is 704. The Hall–Kier alpha value is -2.71. The SMILES string of the molecule is Cc1cc(NC(=O)COC(=O)CCN2C(=O)[C@@H]3CCCC[C@H]3C2=O)no1. The standard InChI is InChI=1S/C17H21N3O6/c1-10-8-13(19-26-10)18-14(21)9-25-15(22)6-7-20-16(23)11-4-2-3-5-12(11)17(20)24/h8,11-12H,2-7,9H2,1H3,(H,18,19,21)/t11-,12-/m1/s1. The number of ether oxygens (including phenoxy) is 1. The van der Waals surface area contributed by atoms with Gasteiger partial charge in [0.25, 0.3) is 5.91 Å². The van der Waals surface area contributed by atoms with Gasteiger partial charge in [0.1, 0.15) is 5.76 Å². The maximum atomic E-state index is 12.3.